The zero-order valence-corrected chi connectivity index (χ0v) is 8.27. The molecule has 3 heteroatoms. The molecule has 2 nitrogen and oxygen atoms in total. The topological polar surface area (TPSA) is 29.3 Å². The summed E-state index contributed by atoms with van der Waals surface area (Å²) in [7, 11) is 0. The van der Waals surface area contributed by atoms with E-state index in [9.17, 15) is 0 Å². The third-order valence-electron chi connectivity index (χ3n) is 2.47. The average molecular weight is 174 g/mol. The smallest absolute Gasteiger partial charge is 0.0499 e. The summed E-state index contributed by atoms with van der Waals surface area (Å²) in [5, 5.41) is 0.381. The Bertz CT molecular complexity index is 124. The lowest BCUT2D eigenvalue weighted by molar-refractivity contribution is 0.167. The summed E-state index contributed by atoms with van der Waals surface area (Å²) in [6, 6.07) is 0. The lowest BCUT2D eigenvalue weighted by Gasteiger charge is -2.38. The van der Waals surface area contributed by atoms with Crippen LogP contribution in [0.1, 0.15) is 26.7 Å². The molecule has 0 aromatic heterocycles. The molecule has 1 unspecified atom stereocenters. The first-order chi connectivity index (χ1) is 5.01. The van der Waals surface area contributed by atoms with Crippen molar-refractivity contribution >= 4 is 12.6 Å². The van der Waals surface area contributed by atoms with Crippen molar-refractivity contribution in [3.05, 3.63) is 0 Å². The van der Waals surface area contributed by atoms with Gasteiger partial charge in [-0.15, -0.1) is 0 Å². The van der Waals surface area contributed by atoms with Gasteiger partial charge in [-0.25, -0.2) is 0 Å². The van der Waals surface area contributed by atoms with Crippen LogP contribution in [0.4, 0.5) is 0 Å². The first-order valence-corrected chi connectivity index (χ1v) is 4.74. The van der Waals surface area contributed by atoms with Crippen molar-refractivity contribution in [3.63, 3.8) is 0 Å². The van der Waals surface area contributed by atoms with Gasteiger partial charge < -0.3 is 5.73 Å². The second kappa shape index (κ2) is 3.33. The standard InChI is InChI=1S/C8H18N2S/c1-7(11)10-5-3-8(2,9)4-6-10/h7,11H,3-6,9H2,1-2H3. The lowest BCUT2D eigenvalue weighted by Crippen LogP contribution is -2.49. The fourth-order valence-electron chi connectivity index (χ4n) is 1.41. The van der Waals surface area contributed by atoms with Crippen molar-refractivity contribution in [2.75, 3.05) is 13.1 Å². The average Bonchev–Trinajstić information content (AvgIpc) is 1.86. The number of hydrogen-bond acceptors (Lipinski definition) is 3. The largest absolute Gasteiger partial charge is 0.325 e. The maximum atomic E-state index is 5.99. The van der Waals surface area contributed by atoms with Gasteiger partial charge in [0.25, 0.3) is 0 Å². The van der Waals surface area contributed by atoms with Crippen LogP contribution in [-0.2, 0) is 0 Å². The van der Waals surface area contributed by atoms with Gasteiger partial charge in [0.1, 0.15) is 0 Å². The predicted octanol–water partition coefficient (Wildman–Crippen LogP) is 1.08. The summed E-state index contributed by atoms with van der Waals surface area (Å²) >= 11 is 4.38. The lowest BCUT2D eigenvalue weighted by atomic mass is 9.91. The molecule has 1 rings (SSSR count). The Morgan fingerprint density at radius 1 is 1.45 bits per heavy atom. The molecule has 0 aromatic rings. The highest BCUT2D eigenvalue weighted by Gasteiger charge is 2.26. The van der Waals surface area contributed by atoms with Gasteiger partial charge in [0, 0.05) is 24.0 Å². The second-order valence-corrected chi connectivity index (χ2v) is 4.57. The Labute approximate surface area is 74.5 Å². The zero-order chi connectivity index (χ0) is 8.48. The van der Waals surface area contributed by atoms with E-state index in [-0.39, 0.29) is 5.54 Å². The van der Waals surface area contributed by atoms with E-state index in [0.717, 1.165) is 25.9 Å². The van der Waals surface area contributed by atoms with E-state index in [1.54, 1.807) is 0 Å². The quantitative estimate of drug-likeness (QED) is 0.582. The van der Waals surface area contributed by atoms with Crippen LogP contribution < -0.4 is 5.73 Å². The maximum absolute atomic E-state index is 5.99. The van der Waals surface area contributed by atoms with Crippen LogP contribution in [0.25, 0.3) is 0 Å². The van der Waals surface area contributed by atoms with Crippen LogP contribution in [0.15, 0.2) is 0 Å². The molecule has 0 spiro atoms. The van der Waals surface area contributed by atoms with Crippen molar-refractivity contribution in [2.24, 2.45) is 5.73 Å². The highest BCUT2D eigenvalue weighted by Crippen LogP contribution is 2.20. The Balaban J connectivity index is 2.36. The molecule has 1 aliphatic rings. The van der Waals surface area contributed by atoms with Crippen LogP contribution in [0, 0.1) is 0 Å². The molecule has 1 heterocycles. The van der Waals surface area contributed by atoms with Gasteiger partial charge in [0.2, 0.25) is 0 Å². The minimum Gasteiger partial charge on any atom is -0.325 e. The van der Waals surface area contributed by atoms with E-state index < -0.39 is 0 Å². The van der Waals surface area contributed by atoms with Gasteiger partial charge in [-0.3, -0.25) is 4.90 Å². The van der Waals surface area contributed by atoms with E-state index in [0.29, 0.717) is 5.37 Å². The first kappa shape index (κ1) is 9.36. The molecule has 2 N–H and O–H groups in total. The summed E-state index contributed by atoms with van der Waals surface area (Å²) in [5.74, 6) is 0. The summed E-state index contributed by atoms with van der Waals surface area (Å²) in [5.41, 5.74) is 6.06. The molecule has 0 aromatic carbocycles. The van der Waals surface area contributed by atoms with Crippen molar-refractivity contribution in [1.82, 2.24) is 4.90 Å². The van der Waals surface area contributed by atoms with Crippen LogP contribution in [0.3, 0.4) is 0 Å². The van der Waals surface area contributed by atoms with E-state index in [2.05, 4.69) is 31.4 Å². The second-order valence-electron chi connectivity index (χ2n) is 3.82. The summed E-state index contributed by atoms with van der Waals surface area (Å²) in [6.07, 6.45) is 2.19. The molecule has 0 radical (unpaired) electrons. The van der Waals surface area contributed by atoms with Crippen LogP contribution in [0.5, 0.6) is 0 Å². The molecule has 1 saturated heterocycles. The number of rotatable bonds is 1. The molecule has 11 heavy (non-hydrogen) atoms. The first-order valence-electron chi connectivity index (χ1n) is 4.22. The van der Waals surface area contributed by atoms with Gasteiger partial charge in [-0.2, -0.15) is 12.6 Å². The third-order valence-corrected chi connectivity index (χ3v) is 2.80. The van der Waals surface area contributed by atoms with Gasteiger partial charge in [-0.05, 0) is 26.7 Å². The summed E-state index contributed by atoms with van der Waals surface area (Å²) in [6.45, 7) is 6.44. The molecule has 0 bridgehead atoms. The number of thiol groups is 1. The monoisotopic (exact) mass is 174 g/mol. The molecule has 0 aliphatic carbocycles. The van der Waals surface area contributed by atoms with Crippen molar-refractivity contribution in [1.29, 1.82) is 0 Å². The Morgan fingerprint density at radius 2 is 1.91 bits per heavy atom. The fourth-order valence-corrected chi connectivity index (χ4v) is 1.64. The fraction of sp³-hybridized carbons (Fsp3) is 1.00. The highest BCUT2D eigenvalue weighted by atomic mass is 32.1. The molecular weight excluding hydrogens is 156 g/mol. The summed E-state index contributed by atoms with van der Waals surface area (Å²) < 4.78 is 0. The van der Waals surface area contributed by atoms with Crippen LogP contribution in [-0.4, -0.2) is 28.9 Å². The van der Waals surface area contributed by atoms with Crippen molar-refractivity contribution < 1.29 is 0 Å². The maximum Gasteiger partial charge on any atom is 0.0499 e. The van der Waals surface area contributed by atoms with E-state index in [1.807, 2.05) is 0 Å². The molecule has 1 fully saturated rings. The van der Waals surface area contributed by atoms with Gasteiger partial charge in [-0.1, -0.05) is 0 Å². The number of likely N-dealkylation sites (tertiary alicyclic amines) is 1. The molecule has 0 amide bonds. The number of piperidine rings is 1. The van der Waals surface area contributed by atoms with E-state index >= 15 is 0 Å². The highest BCUT2D eigenvalue weighted by molar-refractivity contribution is 7.80. The van der Waals surface area contributed by atoms with Gasteiger partial charge in [0.15, 0.2) is 0 Å². The Kier molecular flexibility index (Phi) is 2.84. The third kappa shape index (κ3) is 2.65. The molecular formula is C8H18N2S. The predicted molar refractivity (Wildman–Crippen MR) is 51.8 cm³/mol. The number of nitrogens with two attached hydrogens (primary N) is 1. The van der Waals surface area contributed by atoms with Crippen LogP contribution >= 0.6 is 12.6 Å². The van der Waals surface area contributed by atoms with Gasteiger partial charge >= 0.3 is 0 Å². The Hall–Kier alpha value is 0.270. The van der Waals surface area contributed by atoms with Crippen LogP contribution in [0.2, 0.25) is 0 Å². The SMILES string of the molecule is CC(S)N1CCC(C)(N)CC1. The molecule has 1 atom stereocenters. The Morgan fingerprint density at radius 3 is 2.27 bits per heavy atom. The minimum absolute atomic E-state index is 0.0686. The van der Waals surface area contributed by atoms with Crippen molar-refractivity contribution in [2.45, 2.75) is 37.6 Å². The minimum atomic E-state index is 0.0686. The van der Waals surface area contributed by atoms with E-state index in [1.165, 1.54) is 0 Å². The molecule has 1 aliphatic heterocycles. The van der Waals surface area contributed by atoms with E-state index in [4.69, 9.17) is 5.73 Å². The number of nitrogens with zero attached hydrogens (tertiary/aromatic N) is 1. The molecule has 0 saturated carbocycles. The number of hydrogen-bond donors (Lipinski definition) is 2. The normalized spacial score (nSPS) is 28.4. The zero-order valence-electron chi connectivity index (χ0n) is 7.38. The summed E-state index contributed by atoms with van der Waals surface area (Å²) in [4.78, 5) is 2.36. The molecule has 66 valence electrons. The van der Waals surface area contributed by atoms with Crippen molar-refractivity contribution in [3.8, 4) is 0 Å². The van der Waals surface area contributed by atoms with Gasteiger partial charge in [0.05, 0.1) is 0 Å².